The molecule has 0 aromatic carbocycles. The van der Waals surface area contributed by atoms with Crippen molar-refractivity contribution < 1.29 is 4.79 Å². The summed E-state index contributed by atoms with van der Waals surface area (Å²) in [6, 6.07) is 7.08. The second-order valence-corrected chi connectivity index (χ2v) is 7.27. The van der Waals surface area contributed by atoms with Gasteiger partial charge in [0.2, 0.25) is 0 Å². The van der Waals surface area contributed by atoms with Gasteiger partial charge in [-0.1, -0.05) is 25.8 Å². The molecule has 1 aliphatic rings. The van der Waals surface area contributed by atoms with Gasteiger partial charge >= 0.3 is 0 Å². The van der Waals surface area contributed by atoms with Crippen molar-refractivity contribution in [2.45, 2.75) is 51.6 Å². The first-order valence-corrected chi connectivity index (χ1v) is 9.49. The van der Waals surface area contributed by atoms with Crippen molar-refractivity contribution in [3.8, 4) is 0 Å². The highest BCUT2D eigenvalue weighted by atomic mass is 32.1. The molecule has 128 valence electrons. The number of nitrogens with zero attached hydrogens (tertiary/aromatic N) is 2. The number of aryl methyl sites for hydroxylation is 1. The quantitative estimate of drug-likeness (QED) is 0.873. The highest BCUT2D eigenvalue weighted by molar-refractivity contribution is 7.10. The highest BCUT2D eigenvalue weighted by Crippen LogP contribution is 2.37. The fourth-order valence-corrected chi connectivity index (χ4v) is 4.21. The number of aromatic nitrogens is 2. The molecule has 1 fully saturated rings. The van der Waals surface area contributed by atoms with Crippen molar-refractivity contribution in [2.75, 3.05) is 0 Å². The molecular formula is C18H23N3O2S. The summed E-state index contributed by atoms with van der Waals surface area (Å²) in [7, 11) is 0. The lowest BCUT2D eigenvalue weighted by Gasteiger charge is -2.23. The molecule has 0 saturated heterocycles. The summed E-state index contributed by atoms with van der Waals surface area (Å²) in [5.41, 5.74) is 0.140. The smallest absolute Gasteiger partial charge is 0.272 e. The SMILES string of the molecule is CCCn1nc(C(=O)N[C@H](c2cccs2)C2CCCC2)ccc1=O. The lowest BCUT2D eigenvalue weighted by Crippen LogP contribution is -2.34. The van der Waals surface area contributed by atoms with E-state index >= 15 is 0 Å². The molecule has 1 aliphatic carbocycles. The van der Waals surface area contributed by atoms with Gasteiger partial charge in [-0.15, -0.1) is 11.3 Å². The minimum absolute atomic E-state index is 0.0355. The fourth-order valence-electron chi connectivity index (χ4n) is 3.34. The molecule has 0 bridgehead atoms. The van der Waals surface area contributed by atoms with Crippen LogP contribution in [0, 0.1) is 5.92 Å². The molecule has 2 aromatic heterocycles. The summed E-state index contributed by atoms with van der Waals surface area (Å²) in [5, 5.41) is 9.42. The third-order valence-electron chi connectivity index (χ3n) is 4.54. The van der Waals surface area contributed by atoms with Crippen LogP contribution in [0.2, 0.25) is 0 Å². The van der Waals surface area contributed by atoms with Crippen LogP contribution >= 0.6 is 11.3 Å². The van der Waals surface area contributed by atoms with Crippen LogP contribution in [0.1, 0.15) is 60.4 Å². The molecule has 24 heavy (non-hydrogen) atoms. The summed E-state index contributed by atoms with van der Waals surface area (Å²) < 4.78 is 1.37. The summed E-state index contributed by atoms with van der Waals surface area (Å²) in [4.78, 5) is 25.7. The predicted molar refractivity (Wildman–Crippen MR) is 95.3 cm³/mol. The molecule has 2 heterocycles. The molecule has 1 N–H and O–H groups in total. The van der Waals surface area contributed by atoms with Crippen LogP contribution in [0.15, 0.2) is 34.4 Å². The third kappa shape index (κ3) is 3.75. The maximum absolute atomic E-state index is 12.7. The van der Waals surface area contributed by atoms with Crippen molar-refractivity contribution in [1.29, 1.82) is 0 Å². The van der Waals surface area contributed by atoms with Crippen molar-refractivity contribution >= 4 is 17.2 Å². The molecule has 0 radical (unpaired) electrons. The van der Waals surface area contributed by atoms with Gasteiger partial charge in [0.15, 0.2) is 0 Å². The van der Waals surface area contributed by atoms with Crippen LogP contribution in [-0.2, 0) is 6.54 Å². The van der Waals surface area contributed by atoms with Gasteiger partial charge in [0.1, 0.15) is 5.69 Å². The standard InChI is InChI=1S/C18H23N3O2S/c1-2-11-21-16(22)10-9-14(20-21)18(23)19-17(13-6-3-4-7-13)15-8-5-12-24-15/h5,8-10,12-13,17H,2-4,6-7,11H2,1H3,(H,19,23)/t17-/m0/s1. The minimum Gasteiger partial charge on any atom is -0.343 e. The van der Waals surface area contributed by atoms with Crippen LogP contribution in [0.5, 0.6) is 0 Å². The Hall–Kier alpha value is -1.95. The average molecular weight is 345 g/mol. The molecule has 0 unspecified atom stereocenters. The number of thiophene rings is 1. The normalized spacial score (nSPS) is 16.2. The zero-order valence-corrected chi connectivity index (χ0v) is 14.7. The van der Waals surface area contributed by atoms with Crippen molar-refractivity contribution in [1.82, 2.24) is 15.1 Å². The van der Waals surface area contributed by atoms with Crippen LogP contribution in [-0.4, -0.2) is 15.7 Å². The largest absolute Gasteiger partial charge is 0.343 e. The molecule has 0 aliphatic heterocycles. The van der Waals surface area contributed by atoms with Gasteiger partial charge in [0.25, 0.3) is 11.5 Å². The van der Waals surface area contributed by atoms with E-state index in [9.17, 15) is 9.59 Å². The molecule has 1 atom stereocenters. The monoisotopic (exact) mass is 345 g/mol. The Bertz CT molecular complexity index is 733. The van der Waals surface area contributed by atoms with E-state index < -0.39 is 0 Å². The summed E-state index contributed by atoms with van der Waals surface area (Å²) in [5.74, 6) is 0.277. The number of hydrogen-bond acceptors (Lipinski definition) is 4. The van der Waals surface area contributed by atoms with E-state index in [1.54, 1.807) is 11.3 Å². The topological polar surface area (TPSA) is 64.0 Å². The van der Waals surface area contributed by atoms with Crippen LogP contribution in [0.4, 0.5) is 0 Å². The number of carbonyl (C=O) groups excluding carboxylic acids is 1. The lowest BCUT2D eigenvalue weighted by atomic mass is 9.96. The van der Waals surface area contributed by atoms with E-state index in [4.69, 9.17) is 0 Å². The minimum atomic E-state index is -0.204. The van der Waals surface area contributed by atoms with Gasteiger partial charge in [-0.2, -0.15) is 5.10 Å². The average Bonchev–Trinajstić information content (AvgIpc) is 3.28. The Balaban J connectivity index is 1.80. The van der Waals surface area contributed by atoms with Crippen molar-refractivity contribution in [2.24, 2.45) is 5.92 Å². The molecule has 1 amide bonds. The number of carbonyl (C=O) groups is 1. The van der Waals surface area contributed by atoms with E-state index in [-0.39, 0.29) is 17.5 Å². The molecule has 6 heteroatoms. The van der Waals surface area contributed by atoms with E-state index in [1.165, 1.54) is 34.5 Å². The number of amides is 1. The Morgan fingerprint density at radius 1 is 1.38 bits per heavy atom. The zero-order chi connectivity index (χ0) is 16.9. The molecule has 2 aromatic rings. The maximum atomic E-state index is 12.7. The predicted octanol–water partition coefficient (Wildman–Crippen LogP) is 3.38. The Morgan fingerprint density at radius 2 is 2.17 bits per heavy atom. The van der Waals surface area contributed by atoms with Gasteiger partial charge in [-0.3, -0.25) is 9.59 Å². The first-order chi connectivity index (χ1) is 11.7. The second kappa shape index (κ2) is 7.75. The van der Waals surface area contributed by atoms with E-state index in [0.29, 0.717) is 18.2 Å². The van der Waals surface area contributed by atoms with Crippen molar-refractivity contribution in [3.05, 3.63) is 50.6 Å². The van der Waals surface area contributed by atoms with Crippen LogP contribution in [0.3, 0.4) is 0 Å². The second-order valence-electron chi connectivity index (χ2n) is 6.29. The molecule has 0 spiro atoms. The summed E-state index contributed by atoms with van der Waals surface area (Å²) >= 11 is 1.68. The van der Waals surface area contributed by atoms with Crippen LogP contribution < -0.4 is 10.9 Å². The first-order valence-electron chi connectivity index (χ1n) is 8.61. The fraction of sp³-hybridized carbons (Fsp3) is 0.500. The van der Waals surface area contributed by atoms with Crippen LogP contribution in [0.25, 0.3) is 0 Å². The Morgan fingerprint density at radius 3 is 2.83 bits per heavy atom. The van der Waals surface area contributed by atoms with Gasteiger partial charge in [-0.25, -0.2) is 4.68 Å². The molecule has 5 nitrogen and oxygen atoms in total. The third-order valence-corrected chi connectivity index (χ3v) is 5.50. The Labute approximate surface area is 145 Å². The zero-order valence-electron chi connectivity index (χ0n) is 13.9. The molecule has 1 saturated carbocycles. The van der Waals surface area contributed by atoms with Gasteiger partial charge in [-0.05, 0) is 42.7 Å². The van der Waals surface area contributed by atoms with E-state index in [0.717, 1.165) is 19.3 Å². The van der Waals surface area contributed by atoms with Crippen molar-refractivity contribution in [3.63, 3.8) is 0 Å². The Kier molecular flexibility index (Phi) is 5.45. The molecule has 3 rings (SSSR count). The summed E-state index contributed by atoms with van der Waals surface area (Å²) in [6.07, 6.45) is 5.54. The highest BCUT2D eigenvalue weighted by Gasteiger charge is 2.29. The van der Waals surface area contributed by atoms with E-state index in [2.05, 4.69) is 16.5 Å². The number of nitrogens with one attached hydrogen (secondary N) is 1. The molecular weight excluding hydrogens is 322 g/mol. The number of rotatable bonds is 6. The van der Waals surface area contributed by atoms with E-state index in [1.807, 2.05) is 18.4 Å². The van der Waals surface area contributed by atoms with Gasteiger partial charge in [0.05, 0.1) is 6.04 Å². The van der Waals surface area contributed by atoms with Gasteiger partial charge in [0, 0.05) is 17.5 Å². The maximum Gasteiger partial charge on any atom is 0.272 e. The number of hydrogen-bond donors (Lipinski definition) is 1. The van der Waals surface area contributed by atoms with Gasteiger partial charge < -0.3 is 5.32 Å². The lowest BCUT2D eigenvalue weighted by molar-refractivity contribution is 0.0915. The summed E-state index contributed by atoms with van der Waals surface area (Å²) in [6.45, 7) is 2.50. The first kappa shape index (κ1) is 16.9.